The molecule has 4 aliphatic rings. The van der Waals surface area contributed by atoms with Crippen LogP contribution >= 0.6 is 0 Å². The van der Waals surface area contributed by atoms with E-state index in [4.69, 9.17) is 4.74 Å². The van der Waals surface area contributed by atoms with E-state index in [2.05, 4.69) is 5.32 Å². The van der Waals surface area contributed by atoms with Gasteiger partial charge in [-0.2, -0.15) is 0 Å². The van der Waals surface area contributed by atoms with Crippen molar-refractivity contribution in [3.05, 3.63) is 23.8 Å². The van der Waals surface area contributed by atoms with Crippen LogP contribution in [-0.4, -0.2) is 55.4 Å². The molecule has 3 fully saturated rings. The van der Waals surface area contributed by atoms with Crippen LogP contribution in [0.1, 0.15) is 55.3 Å². The lowest BCUT2D eigenvalue weighted by Gasteiger charge is -2.43. The zero-order valence-corrected chi connectivity index (χ0v) is 17.5. The maximum Gasteiger partial charge on any atom is 0.264 e. The van der Waals surface area contributed by atoms with Gasteiger partial charge in [0, 0.05) is 37.7 Å². The highest BCUT2D eigenvalue weighted by Crippen LogP contribution is 2.47. The average molecular weight is 412 g/mol. The average Bonchev–Trinajstić information content (AvgIpc) is 3.55. The summed E-state index contributed by atoms with van der Waals surface area (Å²) in [6, 6.07) is 5.39. The second kappa shape index (κ2) is 7.29. The normalized spacial score (nSPS) is 25.1. The predicted molar refractivity (Wildman–Crippen MR) is 111 cm³/mol. The van der Waals surface area contributed by atoms with Gasteiger partial charge in [0.05, 0.1) is 5.69 Å². The molecule has 160 valence electrons. The Labute approximate surface area is 176 Å². The van der Waals surface area contributed by atoms with Crippen molar-refractivity contribution in [2.24, 2.45) is 11.3 Å². The number of rotatable bonds is 3. The van der Waals surface area contributed by atoms with E-state index in [9.17, 15) is 14.4 Å². The van der Waals surface area contributed by atoms with Crippen molar-refractivity contribution >= 4 is 23.4 Å². The number of nitrogens with one attached hydrogen (secondary N) is 1. The Morgan fingerprint density at radius 3 is 2.63 bits per heavy atom. The number of carbonyl (C=O) groups is 3. The molecule has 0 bridgehead atoms. The van der Waals surface area contributed by atoms with Gasteiger partial charge in [0.1, 0.15) is 5.75 Å². The number of fused-ring (bicyclic) bond motifs is 1. The molecule has 1 aromatic rings. The Hall–Kier alpha value is -2.57. The quantitative estimate of drug-likeness (QED) is 0.828. The third-order valence-corrected chi connectivity index (χ3v) is 7.52. The van der Waals surface area contributed by atoms with Gasteiger partial charge in [-0.15, -0.1) is 0 Å². The molecule has 7 heteroatoms. The van der Waals surface area contributed by atoms with Crippen LogP contribution in [0.25, 0.3) is 0 Å². The van der Waals surface area contributed by atoms with E-state index in [1.54, 1.807) is 30.1 Å². The first kappa shape index (κ1) is 19.4. The van der Waals surface area contributed by atoms with Gasteiger partial charge in [-0.1, -0.05) is 6.42 Å². The third-order valence-electron chi connectivity index (χ3n) is 7.52. The molecule has 5 rings (SSSR count). The summed E-state index contributed by atoms with van der Waals surface area (Å²) in [5.74, 6) is 1.00. The molecule has 2 aliphatic carbocycles. The van der Waals surface area contributed by atoms with Gasteiger partial charge in [0.2, 0.25) is 5.91 Å². The topological polar surface area (TPSA) is 79.0 Å². The molecule has 1 saturated heterocycles. The van der Waals surface area contributed by atoms with Crippen molar-refractivity contribution < 1.29 is 19.1 Å². The smallest absolute Gasteiger partial charge is 0.264 e. The monoisotopic (exact) mass is 411 g/mol. The van der Waals surface area contributed by atoms with Crippen molar-refractivity contribution in [1.29, 1.82) is 0 Å². The molecule has 1 N–H and O–H groups in total. The number of nitrogens with zero attached hydrogens (tertiary/aromatic N) is 2. The van der Waals surface area contributed by atoms with Crippen LogP contribution in [0.2, 0.25) is 0 Å². The molecule has 0 aromatic heterocycles. The van der Waals surface area contributed by atoms with Crippen LogP contribution in [0.15, 0.2) is 18.2 Å². The second-order valence-corrected chi connectivity index (χ2v) is 9.30. The summed E-state index contributed by atoms with van der Waals surface area (Å²) < 4.78 is 5.46. The number of hydrogen-bond donors (Lipinski definition) is 1. The standard InChI is InChI=1S/C23H29N3O4/c1-25-17-13-16(6-7-18(17)30-14-20(25)27)21(28)24-19-3-2-8-23(19)9-11-26(12-10-23)22(29)15-4-5-15/h6-7,13,15,19H,2-5,8-12,14H2,1H3,(H,24,28). The number of likely N-dealkylation sites (N-methyl/N-ethyl adjacent to an activating group) is 1. The number of amides is 3. The first-order chi connectivity index (χ1) is 14.5. The van der Waals surface area contributed by atoms with Crippen LogP contribution in [-0.2, 0) is 9.59 Å². The third kappa shape index (κ3) is 3.34. The Bertz CT molecular complexity index is 886. The summed E-state index contributed by atoms with van der Waals surface area (Å²) in [4.78, 5) is 40.9. The van der Waals surface area contributed by atoms with Crippen LogP contribution in [0.3, 0.4) is 0 Å². The zero-order chi connectivity index (χ0) is 20.9. The number of benzene rings is 1. The van der Waals surface area contributed by atoms with E-state index < -0.39 is 0 Å². The Morgan fingerprint density at radius 2 is 1.90 bits per heavy atom. The van der Waals surface area contributed by atoms with Gasteiger partial charge in [-0.25, -0.2) is 0 Å². The first-order valence-electron chi connectivity index (χ1n) is 11.1. The molecule has 7 nitrogen and oxygen atoms in total. The van der Waals surface area contributed by atoms with Crippen molar-refractivity contribution in [2.45, 2.75) is 51.0 Å². The van der Waals surface area contributed by atoms with Crippen LogP contribution in [0, 0.1) is 11.3 Å². The van der Waals surface area contributed by atoms with E-state index in [0.29, 0.717) is 22.9 Å². The van der Waals surface area contributed by atoms with E-state index >= 15 is 0 Å². The van der Waals surface area contributed by atoms with Gasteiger partial charge >= 0.3 is 0 Å². The summed E-state index contributed by atoms with van der Waals surface area (Å²) in [7, 11) is 1.70. The van der Waals surface area contributed by atoms with Gasteiger partial charge in [0.25, 0.3) is 11.8 Å². The fourth-order valence-electron chi connectivity index (χ4n) is 5.38. The molecule has 1 unspecified atom stereocenters. The van der Waals surface area contributed by atoms with Gasteiger partial charge in [-0.05, 0) is 62.1 Å². The van der Waals surface area contributed by atoms with Gasteiger partial charge < -0.3 is 19.9 Å². The summed E-state index contributed by atoms with van der Waals surface area (Å²) in [5, 5.41) is 3.28. The minimum absolute atomic E-state index is 0.0277. The van der Waals surface area contributed by atoms with Crippen LogP contribution in [0.4, 0.5) is 5.69 Å². The number of carbonyl (C=O) groups excluding carboxylic acids is 3. The Kier molecular flexibility index (Phi) is 4.71. The molecule has 2 heterocycles. The fourth-order valence-corrected chi connectivity index (χ4v) is 5.38. The first-order valence-corrected chi connectivity index (χ1v) is 11.1. The summed E-state index contributed by atoms with van der Waals surface area (Å²) in [5.41, 5.74) is 1.27. The predicted octanol–water partition coefficient (Wildman–Crippen LogP) is 2.34. The summed E-state index contributed by atoms with van der Waals surface area (Å²) in [6.45, 7) is 1.65. The number of ether oxygens (including phenoxy) is 1. The van der Waals surface area contributed by atoms with Crippen molar-refractivity contribution in [1.82, 2.24) is 10.2 Å². The molecular formula is C23H29N3O4. The minimum atomic E-state index is -0.123. The van der Waals surface area contributed by atoms with Crippen LogP contribution in [0.5, 0.6) is 5.75 Å². The van der Waals surface area contributed by atoms with Crippen LogP contribution < -0.4 is 15.0 Å². The van der Waals surface area contributed by atoms with Crippen molar-refractivity contribution in [3.63, 3.8) is 0 Å². The molecule has 1 atom stereocenters. The van der Waals surface area contributed by atoms with Gasteiger partial charge in [-0.3, -0.25) is 14.4 Å². The summed E-state index contributed by atoms with van der Waals surface area (Å²) >= 11 is 0. The number of likely N-dealkylation sites (tertiary alicyclic amines) is 1. The van der Waals surface area contributed by atoms with E-state index in [0.717, 1.165) is 58.0 Å². The van der Waals surface area contributed by atoms with Gasteiger partial charge in [0.15, 0.2) is 6.61 Å². The Morgan fingerprint density at radius 1 is 1.13 bits per heavy atom. The highest BCUT2D eigenvalue weighted by atomic mass is 16.5. The fraction of sp³-hybridized carbons (Fsp3) is 0.609. The molecule has 1 aromatic carbocycles. The van der Waals surface area contributed by atoms with Crippen molar-refractivity contribution in [2.75, 3.05) is 31.6 Å². The lowest BCUT2D eigenvalue weighted by atomic mass is 9.74. The number of anilines is 1. The molecule has 30 heavy (non-hydrogen) atoms. The SMILES string of the molecule is CN1C(=O)COc2ccc(C(=O)NC3CCCC34CCN(C(=O)C3CC3)CC4)cc21. The van der Waals surface area contributed by atoms with E-state index in [1.807, 2.05) is 4.90 Å². The van der Waals surface area contributed by atoms with Crippen molar-refractivity contribution in [3.8, 4) is 5.75 Å². The zero-order valence-electron chi connectivity index (χ0n) is 17.5. The number of piperidine rings is 1. The molecule has 0 radical (unpaired) electrons. The molecule has 1 spiro atoms. The Balaban J connectivity index is 1.27. The molecule has 3 amide bonds. The maximum absolute atomic E-state index is 13.1. The second-order valence-electron chi connectivity index (χ2n) is 9.30. The molecule has 2 saturated carbocycles. The summed E-state index contributed by atoms with van der Waals surface area (Å²) in [6.07, 6.45) is 7.22. The minimum Gasteiger partial charge on any atom is -0.482 e. The maximum atomic E-state index is 13.1. The lowest BCUT2D eigenvalue weighted by molar-refractivity contribution is -0.135. The van der Waals surface area contributed by atoms with E-state index in [1.165, 1.54) is 0 Å². The largest absolute Gasteiger partial charge is 0.482 e. The van der Waals surface area contributed by atoms with E-state index in [-0.39, 0.29) is 35.8 Å². The lowest BCUT2D eigenvalue weighted by Crippen LogP contribution is -2.51. The molecular weight excluding hydrogens is 382 g/mol. The highest BCUT2D eigenvalue weighted by Gasteiger charge is 2.47. The highest BCUT2D eigenvalue weighted by molar-refractivity contribution is 6.01. The molecule has 2 aliphatic heterocycles. The number of hydrogen-bond acceptors (Lipinski definition) is 4.